The van der Waals surface area contributed by atoms with Gasteiger partial charge in [0, 0.05) is 11.8 Å². The van der Waals surface area contributed by atoms with Crippen LogP contribution in [0.25, 0.3) is 6.08 Å². The molecule has 2 rings (SSSR count). The van der Waals surface area contributed by atoms with Crippen molar-refractivity contribution in [2.24, 2.45) is 5.41 Å². The minimum atomic E-state index is -0.267. The molecule has 0 saturated heterocycles. The summed E-state index contributed by atoms with van der Waals surface area (Å²) in [6.07, 6.45) is 6.82. The van der Waals surface area contributed by atoms with E-state index in [1.807, 2.05) is 37.3 Å². The summed E-state index contributed by atoms with van der Waals surface area (Å²) in [6.45, 7) is 2.01. The standard InChI is InChI=1S/C16H15NO2/c1-16(9-7-15(19)13(10-16)11-17)8-6-12-2-4-14(18)5-3-12/h2-6,8,10,18H,7,9H2,1H3/t16-/m1/s1. The zero-order valence-electron chi connectivity index (χ0n) is 10.8. The number of hydrogen-bond donors (Lipinski definition) is 1. The fourth-order valence-corrected chi connectivity index (χ4v) is 2.10. The Morgan fingerprint density at radius 2 is 2.05 bits per heavy atom. The fourth-order valence-electron chi connectivity index (χ4n) is 2.10. The molecule has 1 atom stereocenters. The third-order valence-corrected chi connectivity index (χ3v) is 3.34. The minimum Gasteiger partial charge on any atom is -0.508 e. The zero-order chi connectivity index (χ0) is 13.9. The summed E-state index contributed by atoms with van der Waals surface area (Å²) in [6, 6.07) is 8.85. The van der Waals surface area contributed by atoms with E-state index >= 15 is 0 Å². The number of ketones is 1. The van der Waals surface area contributed by atoms with Crippen molar-refractivity contribution in [2.45, 2.75) is 19.8 Å². The summed E-state index contributed by atoms with van der Waals surface area (Å²) >= 11 is 0. The topological polar surface area (TPSA) is 61.1 Å². The highest BCUT2D eigenvalue weighted by Gasteiger charge is 2.27. The summed E-state index contributed by atoms with van der Waals surface area (Å²) in [7, 11) is 0. The van der Waals surface area contributed by atoms with Gasteiger partial charge in [0.1, 0.15) is 11.8 Å². The molecule has 1 aromatic carbocycles. The van der Waals surface area contributed by atoms with E-state index in [9.17, 15) is 9.90 Å². The first-order valence-corrected chi connectivity index (χ1v) is 6.17. The van der Waals surface area contributed by atoms with Gasteiger partial charge in [0.2, 0.25) is 0 Å². The average molecular weight is 253 g/mol. The number of Topliss-reactive ketones (excluding diaryl/α,β-unsaturated/α-hetero) is 1. The number of aromatic hydroxyl groups is 1. The van der Waals surface area contributed by atoms with Crippen LogP contribution in [-0.2, 0) is 4.79 Å². The predicted molar refractivity (Wildman–Crippen MR) is 73.2 cm³/mol. The monoisotopic (exact) mass is 253 g/mol. The van der Waals surface area contributed by atoms with Gasteiger partial charge in [-0.3, -0.25) is 4.79 Å². The molecule has 0 fully saturated rings. The lowest BCUT2D eigenvalue weighted by Crippen LogP contribution is -2.20. The van der Waals surface area contributed by atoms with E-state index in [0.717, 1.165) is 5.56 Å². The van der Waals surface area contributed by atoms with Gasteiger partial charge in [-0.15, -0.1) is 0 Å². The van der Waals surface area contributed by atoms with Crippen LogP contribution in [-0.4, -0.2) is 10.9 Å². The van der Waals surface area contributed by atoms with Crippen molar-refractivity contribution in [3.05, 3.63) is 47.6 Å². The lowest BCUT2D eigenvalue weighted by Gasteiger charge is -2.25. The van der Waals surface area contributed by atoms with Crippen LogP contribution in [0.2, 0.25) is 0 Å². The largest absolute Gasteiger partial charge is 0.508 e. The molecule has 0 bridgehead atoms. The normalized spacial score (nSPS) is 23.2. The molecule has 0 radical (unpaired) electrons. The molecule has 1 aliphatic carbocycles. The Morgan fingerprint density at radius 1 is 1.37 bits per heavy atom. The van der Waals surface area contributed by atoms with Crippen molar-refractivity contribution in [3.63, 3.8) is 0 Å². The number of carbonyl (C=O) groups is 1. The van der Waals surface area contributed by atoms with E-state index in [1.165, 1.54) is 0 Å². The van der Waals surface area contributed by atoms with Gasteiger partial charge in [-0.25, -0.2) is 0 Å². The van der Waals surface area contributed by atoms with E-state index < -0.39 is 0 Å². The van der Waals surface area contributed by atoms with E-state index in [0.29, 0.717) is 12.8 Å². The highest BCUT2D eigenvalue weighted by Crippen LogP contribution is 2.34. The van der Waals surface area contributed by atoms with Gasteiger partial charge < -0.3 is 5.11 Å². The van der Waals surface area contributed by atoms with Crippen molar-refractivity contribution in [3.8, 4) is 11.8 Å². The number of rotatable bonds is 2. The van der Waals surface area contributed by atoms with Crippen molar-refractivity contribution in [1.82, 2.24) is 0 Å². The maximum absolute atomic E-state index is 11.5. The number of nitriles is 1. The SMILES string of the molecule is C[C@]1(C=Cc2ccc(O)cc2)C=C(C#N)C(=O)CC1. The quantitative estimate of drug-likeness (QED) is 0.880. The van der Waals surface area contributed by atoms with Crippen LogP contribution in [0, 0.1) is 16.7 Å². The minimum absolute atomic E-state index is 0.0713. The molecular weight excluding hydrogens is 238 g/mol. The lowest BCUT2D eigenvalue weighted by molar-refractivity contribution is -0.116. The summed E-state index contributed by atoms with van der Waals surface area (Å²) in [5, 5.41) is 18.1. The van der Waals surface area contributed by atoms with Gasteiger partial charge in [0.15, 0.2) is 5.78 Å². The molecule has 0 saturated carbocycles. The average Bonchev–Trinajstić information content (AvgIpc) is 2.41. The second-order valence-electron chi connectivity index (χ2n) is 5.02. The Kier molecular flexibility index (Phi) is 3.52. The first-order chi connectivity index (χ1) is 9.02. The van der Waals surface area contributed by atoms with Crippen LogP contribution in [0.3, 0.4) is 0 Å². The third kappa shape index (κ3) is 3.11. The van der Waals surface area contributed by atoms with Gasteiger partial charge in [-0.05, 0) is 24.1 Å². The molecular formula is C16H15NO2. The number of allylic oxidation sites excluding steroid dienone is 3. The number of benzene rings is 1. The van der Waals surface area contributed by atoms with Crippen LogP contribution in [0.5, 0.6) is 5.75 Å². The van der Waals surface area contributed by atoms with Crippen LogP contribution >= 0.6 is 0 Å². The first-order valence-electron chi connectivity index (χ1n) is 6.17. The third-order valence-electron chi connectivity index (χ3n) is 3.34. The molecule has 0 heterocycles. The van der Waals surface area contributed by atoms with Crippen molar-refractivity contribution >= 4 is 11.9 Å². The Hall–Kier alpha value is -2.34. The molecule has 96 valence electrons. The van der Waals surface area contributed by atoms with Gasteiger partial charge in [-0.1, -0.05) is 37.3 Å². The van der Waals surface area contributed by atoms with E-state index in [1.54, 1.807) is 18.2 Å². The molecule has 0 unspecified atom stereocenters. The van der Waals surface area contributed by atoms with E-state index in [2.05, 4.69) is 0 Å². The van der Waals surface area contributed by atoms with Crippen LogP contribution < -0.4 is 0 Å². The zero-order valence-corrected chi connectivity index (χ0v) is 10.8. The number of carbonyl (C=O) groups excluding carboxylic acids is 1. The summed E-state index contributed by atoms with van der Waals surface area (Å²) in [5.41, 5.74) is 0.962. The molecule has 3 nitrogen and oxygen atoms in total. The van der Waals surface area contributed by atoms with Gasteiger partial charge in [0.25, 0.3) is 0 Å². The van der Waals surface area contributed by atoms with E-state index in [-0.39, 0.29) is 22.5 Å². The molecule has 0 aliphatic heterocycles. The van der Waals surface area contributed by atoms with Gasteiger partial charge in [-0.2, -0.15) is 5.26 Å². The second kappa shape index (κ2) is 5.11. The molecule has 0 aromatic heterocycles. The summed E-state index contributed by atoms with van der Waals surface area (Å²) < 4.78 is 0. The van der Waals surface area contributed by atoms with Crippen molar-refractivity contribution in [2.75, 3.05) is 0 Å². The maximum Gasteiger partial charge on any atom is 0.173 e. The smallest absolute Gasteiger partial charge is 0.173 e. The van der Waals surface area contributed by atoms with Crippen molar-refractivity contribution < 1.29 is 9.90 Å². The second-order valence-corrected chi connectivity index (χ2v) is 5.02. The Morgan fingerprint density at radius 3 is 2.68 bits per heavy atom. The Balaban J connectivity index is 2.22. The van der Waals surface area contributed by atoms with Gasteiger partial charge >= 0.3 is 0 Å². The molecule has 0 spiro atoms. The highest BCUT2D eigenvalue weighted by molar-refractivity contribution is 6.00. The first kappa shape index (κ1) is 13.1. The molecule has 19 heavy (non-hydrogen) atoms. The predicted octanol–water partition coefficient (Wildman–Crippen LogP) is 3.22. The van der Waals surface area contributed by atoms with Gasteiger partial charge in [0.05, 0.1) is 5.57 Å². The number of phenolic OH excluding ortho intramolecular Hbond substituents is 1. The number of hydrogen-bond acceptors (Lipinski definition) is 3. The maximum atomic E-state index is 11.5. The fraction of sp³-hybridized carbons (Fsp3) is 0.250. The van der Waals surface area contributed by atoms with Crippen LogP contribution in [0.1, 0.15) is 25.3 Å². The molecule has 3 heteroatoms. The Bertz CT molecular complexity index is 590. The molecule has 1 aromatic rings. The summed E-state index contributed by atoms with van der Waals surface area (Å²) in [4.78, 5) is 11.5. The van der Waals surface area contributed by atoms with Crippen molar-refractivity contribution in [1.29, 1.82) is 5.26 Å². The molecule has 1 N–H and O–H groups in total. The van der Waals surface area contributed by atoms with Crippen LogP contribution in [0.15, 0.2) is 42.0 Å². The Labute approximate surface area is 112 Å². The number of nitrogens with zero attached hydrogens (tertiary/aromatic N) is 1. The lowest BCUT2D eigenvalue weighted by atomic mass is 9.77. The van der Waals surface area contributed by atoms with Crippen LogP contribution in [0.4, 0.5) is 0 Å². The van der Waals surface area contributed by atoms with E-state index in [4.69, 9.17) is 5.26 Å². The molecule has 0 amide bonds. The number of phenols is 1. The highest BCUT2D eigenvalue weighted by atomic mass is 16.3. The summed E-state index contributed by atoms with van der Waals surface area (Å²) in [5.74, 6) is 0.163. The molecule has 1 aliphatic rings.